The molecule has 2 aromatic rings. The Hall–Kier alpha value is -2.01. The van der Waals surface area contributed by atoms with Crippen molar-refractivity contribution >= 4 is 25.7 Å². The minimum absolute atomic E-state index is 0.0357. The van der Waals surface area contributed by atoms with Crippen LogP contribution in [0.1, 0.15) is 11.1 Å². The van der Waals surface area contributed by atoms with Gasteiger partial charge in [0.1, 0.15) is 10.7 Å². The second-order valence-corrected chi connectivity index (χ2v) is 10.1. The molecule has 10 heteroatoms. The molecule has 0 spiro atoms. The van der Waals surface area contributed by atoms with Gasteiger partial charge in [0, 0.05) is 13.1 Å². The van der Waals surface area contributed by atoms with E-state index < -0.39 is 30.8 Å². The van der Waals surface area contributed by atoms with Crippen molar-refractivity contribution in [3.63, 3.8) is 0 Å². The van der Waals surface area contributed by atoms with E-state index in [2.05, 4.69) is 4.72 Å². The molecule has 3 rings (SSSR count). The molecule has 1 aliphatic heterocycles. The molecule has 1 N–H and O–H groups in total. The van der Waals surface area contributed by atoms with Gasteiger partial charge in [-0.1, -0.05) is 6.07 Å². The van der Waals surface area contributed by atoms with Crippen LogP contribution in [0.2, 0.25) is 0 Å². The van der Waals surface area contributed by atoms with Crippen LogP contribution < -0.4 is 4.72 Å². The van der Waals surface area contributed by atoms with Gasteiger partial charge in [-0.25, -0.2) is 21.2 Å². The summed E-state index contributed by atoms with van der Waals surface area (Å²) in [7, 11) is -8.06. The van der Waals surface area contributed by atoms with E-state index in [1.165, 1.54) is 18.2 Å². The van der Waals surface area contributed by atoms with Gasteiger partial charge in [-0.05, 0) is 55.3 Å². The zero-order valence-corrected chi connectivity index (χ0v) is 17.1. The van der Waals surface area contributed by atoms with Crippen molar-refractivity contribution in [3.8, 4) is 0 Å². The SMILES string of the molecule is Cc1ccc(S(=O)(=O)Nc2ccc(F)c(S(=O)(=O)N3CCOCC3)c2)cc1C. The molecule has 1 fully saturated rings. The molecule has 152 valence electrons. The Morgan fingerprint density at radius 1 is 0.964 bits per heavy atom. The molecule has 1 saturated heterocycles. The van der Waals surface area contributed by atoms with Gasteiger partial charge >= 0.3 is 0 Å². The van der Waals surface area contributed by atoms with E-state index in [0.717, 1.165) is 27.6 Å². The molecule has 1 aliphatic rings. The number of halogens is 1. The van der Waals surface area contributed by atoms with Gasteiger partial charge in [-0.3, -0.25) is 4.72 Å². The molecule has 0 unspecified atom stereocenters. The summed E-state index contributed by atoms with van der Waals surface area (Å²) in [6.07, 6.45) is 0. The molecule has 0 aliphatic carbocycles. The molecule has 2 aromatic carbocycles. The number of rotatable bonds is 5. The van der Waals surface area contributed by atoms with Gasteiger partial charge in [-0.2, -0.15) is 4.31 Å². The van der Waals surface area contributed by atoms with Crippen molar-refractivity contribution in [1.82, 2.24) is 4.31 Å². The van der Waals surface area contributed by atoms with Crippen LogP contribution in [0.25, 0.3) is 0 Å². The van der Waals surface area contributed by atoms with E-state index in [-0.39, 0.29) is 36.9 Å². The Kier molecular flexibility index (Phi) is 5.76. The minimum atomic E-state index is -4.10. The summed E-state index contributed by atoms with van der Waals surface area (Å²) in [5, 5.41) is 0. The summed E-state index contributed by atoms with van der Waals surface area (Å²) >= 11 is 0. The van der Waals surface area contributed by atoms with E-state index in [1.54, 1.807) is 13.0 Å². The number of nitrogens with zero attached hydrogens (tertiary/aromatic N) is 1. The molecule has 7 nitrogen and oxygen atoms in total. The Labute approximate surface area is 164 Å². The lowest BCUT2D eigenvalue weighted by Gasteiger charge is -2.26. The van der Waals surface area contributed by atoms with Crippen molar-refractivity contribution < 1.29 is 26.0 Å². The Morgan fingerprint density at radius 2 is 1.64 bits per heavy atom. The summed E-state index contributed by atoms with van der Waals surface area (Å²) in [6, 6.07) is 7.78. The number of benzene rings is 2. The van der Waals surface area contributed by atoms with Gasteiger partial charge in [0.05, 0.1) is 23.8 Å². The van der Waals surface area contributed by atoms with E-state index in [1.807, 2.05) is 6.92 Å². The fourth-order valence-electron chi connectivity index (χ4n) is 2.79. The van der Waals surface area contributed by atoms with Crippen LogP contribution in [0.5, 0.6) is 0 Å². The maximum Gasteiger partial charge on any atom is 0.261 e. The third-order valence-electron chi connectivity index (χ3n) is 4.56. The predicted octanol–water partition coefficient (Wildman–Crippen LogP) is 2.26. The number of morpholine rings is 1. The van der Waals surface area contributed by atoms with Crippen molar-refractivity contribution in [3.05, 3.63) is 53.3 Å². The molecule has 0 atom stereocenters. The number of aryl methyl sites for hydroxylation is 2. The quantitative estimate of drug-likeness (QED) is 0.789. The minimum Gasteiger partial charge on any atom is -0.379 e. The standard InChI is InChI=1S/C18H21FN2O5S2/c1-13-3-5-16(11-14(13)2)27(22,23)20-15-4-6-17(19)18(12-15)28(24,25)21-7-9-26-10-8-21/h3-6,11-12,20H,7-10H2,1-2H3. The van der Waals surface area contributed by atoms with Gasteiger partial charge in [0.25, 0.3) is 10.0 Å². The maximum atomic E-state index is 14.3. The summed E-state index contributed by atoms with van der Waals surface area (Å²) in [5.41, 5.74) is 1.71. The first-order chi connectivity index (χ1) is 13.1. The Morgan fingerprint density at radius 3 is 2.29 bits per heavy atom. The first kappa shape index (κ1) is 20.7. The zero-order valence-electron chi connectivity index (χ0n) is 15.5. The van der Waals surface area contributed by atoms with E-state index in [9.17, 15) is 21.2 Å². The normalized spacial score (nSPS) is 16.1. The third-order valence-corrected chi connectivity index (χ3v) is 7.85. The van der Waals surface area contributed by atoms with Crippen LogP contribution in [0, 0.1) is 19.7 Å². The molecule has 28 heavy (non-hydrogen) atoms. The first-order valence-corrected chi connectivity index (χ1v) is 11.5. The molecule has 0 aromatic heterocycles. The number of hydrogen-bond acceptors (Lipinski definition) is 5. The highest BCUT2D eigenvalue weighted by atomic mass is 32.2. The number of sulfonamides is 2. The third kappa shape index (κ3) is 4.19. The largest absolute Gasteiger partial charge is 0.379 e. The second-order valence-electron chi connectivity index (χ2n) is 6.51. The van der Waals surface area contributed by atoms with Crippen LogP contribution in [0.3, 0.4) is 0 Å². The van der Waals surface area contributed by atoms with Gasteiger partial charge in [0.15, 0.2) is 0 Å². The number of ether oxygens (including phenoxy) is 1. The van der Waals surface area contributed by atoms with Crippen LogP contribution in [0.15, 0.2) is 46.2 Å². The molecule has 0 bridgehead atoms. The van der Waals surface area contributed by atoms with Crippen LogP contribution in [0.4, 0.5) is 10.1 Å². The molecule has 0 amide bonds. The predicted molar refractivity (Wildman–Crippen MR) is 103 cm³/mol. The maximum absolute atomic E-state index is 14.3. The van der Waals surface area contributed by atoms with E-state index >= 15 is 0 Å². The molecule has 0 saturated carbocycles. The van der Waals surface area contributed by atoms with Crippen molar-refractivity contribution in [2.45, 2.75) is 23.6 Å². The van der Waals surface area contributed by atoms with Crippen molar-refractivity contribution in [2.24, 2.45) is 0 Å². The molecular weight excluding hydrogens is 407 g/mol. The second kappa shape index (κ2) is 7.78. The topological polar surface area (TPSA) is 92.8 Å². The lowest BCUT2D eigenvalue weighted by atomic mass is 10.1. The molecule has 0 radical (unpaired) electrons. The molecular formula is C18H21FN2O5S2. The van der Waals surface area contributed by atoms with Crippen LogP contribution in [-0.2, 0) is 24.8 Å². The fourth-order valence-corrected chi connectivity index (χ4v) is 5.42. The highest BCUT2D eigenvalue weighted by molar-refractivity contribution is 7.92. The monoisotopic (exact) mass is 428 g/mol. The Bertz CT molecular complexity index is 1090. The number of anilines is 1. The number of nitrogens with one attached hydrogen (secondary N) is 1. The average Bonchev–Trinajstić information content (AvgIpc) is 2.66. The van der Waals surface area contributed by atoms with E-state index in [0.29, 0.717) is 0 Å². The van der Waals surface area contributed by atoms with Gasteiger partial charge < -0.3 is 4.74 Å². The van der Waals surface area contributed by atoms with Crippen LogP contribution in [-0.4, -0.2) is 47.4 Å². The summed E-state index contributed by atoms with van der Waals surface area (Å²) in [6.45, 7) is 4.32. The lowest BCUT2D eigenvalue weighted by molar-refractivity contribution is 0.0729. The summed E-state index contributed by atoms with van der Waals surface area (Å²) in [5.74, 6) is -0.944. The average molecular weight is 429 g/mol. The zero-order chi connectivity index (χ0) is 20.5. The fraction of sp³-hybridized carbons (Fsp3) is 0.333. The highest BCUT2D eigenvalue weighted by Crippen LogP contribution is 2.26. The van der Waals surface area contributed by atoms with Crippen molar-refractivity contribution in [1.29, 1.82) is 0 Å². The van der Waals surface area contributed by atoms with Crippen molar-refractivity contribution in [2.75, 3.05) is 31.0 Å². The van der Waals surface area contributed by atoms with Gasteiger partial charge in [0.2, 0.25) is 10.0 Å². The lowest BCUT2D eigenvalue weighted by Crippen LogP contribution is -2.40. The highest BCUT2D eigenvalue weighted by Gasteiger charge is 2.29. The Balaban J connectivity index is 1.93. The van der Waals surface area contributed by atoms with Gasteiger partial charge in [-0.15, -0.1) is 0 Å². The summed E-state index contributed by atoms with van der Waals surface area (Å²) in [4.78, 5) is -0.535. The number of hydrogen-bond donors (Lipinski definition) is 1. The first-order valence-electron chi connectivity index (χ1n) is 8.59. The van der Waals surface area contributed by atoms with E-state index in [4.69, 9.17) is 4.74 Å². The smallest absolute Gasteiger partial charge is 0.261 e. The summed E-state index contributed by atoms with van der Waals surface area (Å²) < 4.78 is 73.6. The van der Waals surface area contributed by atoms with Crippen LogP contribution >= 0.6 is 0 Å². The molecule has 1 heterocycles.